The third-order valence-electron chi connectivity index (χ3n) is 10.4. The number of rotatable bonds is 16. The van der Waals surface area contributed by atoms with E-state index in [1.54, 1.807) is 67.8 Å². The molecule has 0 radical (unpaired) electrons. The number of aliphatic hydroxyl groups excluding tert-OH is 1. The molecule has 0 aliphatic carbocycles. The van der Waals surface area contributed by atoms with Gasteiger partial charge in [-0.1, -0.05) is 72.8 Å². The summed E-state index contributed by atoms with van der Waals surface area (Å²) in [5.41, 5.74) is 0.507. The second-order valence-electron chi connectivity index (χ2n) is 13.3. The van der Waals surface area contributed by atoms with Crippen LogP contribution >= 0.6 is 0 Å². The molecule has 272 valence electrons. The largest absolute Gasteiger partial charge is 0.497 e. The van der Waals surface area contributed by atoms with Gasteiger partial charge in [0.15, 0.2) is 0 Å². The highest BCUT2D eigenvalue weighted by molar-refractivity contribution is 6.05. The number of fused-ring (bicyclic) bond motifs is 1. The zero-order valence-electron chi connectivity index (χ0n) is 29.3. The van der Waals surface area contributed by atoms with Crippen LogP contribution in [0.3, 0.4) is 0 Å². The molecule has 7 atom stereocenters. The predicted octanol–water partition coefficient (Wildman–Crippen LogP) is 4.69. The first-order chi connectivity index (χ1) is 25.3. The normalized spacial score (nSPS) is 24.0. The fourth-order valence-corrected chi connectivity index (χ4v) is 8.01. The average molecular weight is 708 g/mol. The maximum Gasteiger partial charge on any atom is 0.313 e. The van der Waals surface area contributed by atoms with E-state index in [2.05, 4.69) is 18.5 Å². The molecule has 1 spiro atoms. The van der Waals surface area contributed by atoms with Crippen molar-refractivity contribution >= 4 is 29.4 Å². The summed E-state index contributed by atoms with van der Waals surface area (Å²) in [6.45, 7) is 7.24. The van der Waals surface area contributed by atoms with Crippen molar-refractivity contribution in [2.24, 2.45) is 11.8 Å². The number of carbonyl (C=O) groups excluding carboxylic acids is 4. The Morgan fingerprint density at radius 2 is 1.69 bits per heavy atom. The third kappa shape index (κ3) is 6.86. The zero-order chi connectivity index (χ0) is 36.8. The highest BCUT2D eigenvalue weighted by Crippen LogP contribution is 2.60. The molecule has 3 heterocycles. The minimum atomic E-state index is -1.36. The molecule has 0 saturated carbocycles. The van der Waals surface area contributed by atoms with E-state index in [0.29, 0.717) is 41.8 Å². The first-order valence-electron chi connectivity index (χ1n) is 17.6. The van der Waals surface area contributed by atoms with Crippen LogP contribution in [0.25, 0.3) is 0 Å². The van der Waals surface area contributed by atoms with Gasteiger partial charge in [-0.3, -0.25) is 19.2 Å². The number of hydrogen-bond acceptors (Lipinski definition) is 8. The lowest BCUT2D eigenvalue weighted by Gasteiger charge is -2.39. The molecule has 3 aromatic rings. The van der Waals surface area contributed by atoms with Crippen molar-refractivity contribution in [3.05, 3.63) is 121 Å². The minimum Gasteiger partial charge on any atom is -0.497 e. The summed E-state index contributed by atoms with van der Waals surface area (Å²) in [6.07, 6.45) is 3.28. The monoisotopic (exact) mass is 707 g/mol. The molecule has 11 nitrogen and oxygen atoms in total. The third-order valence-corrected chi connectivity index (χ3v) is 10.4. The summed E-state index contributed by atoms with van der Waals surface area (Å²) >= 11 is 0. The number of methoxy groups -OCH3 is 1. The highest BCUT2D eigenvalue weighted by Gasteiger charge is 2.76. The molecule has 3 aliphatic heterocycles. The summed E-state index contributed by atoms with van der Waals surface area (Å²) in [4.78, 5) is 59.8. The molecule has 2 bridgehead atoms. The smallest absolute Gasteiger partial charge is 0.313 e. The average Bonchev–Trinajstić information content (AvgIpc) is 3.83. The van der Waals surface area contributed by atoms with Gasteiger partial charge in [0, 0.05) is 18.7 Å². The van der Waals surface area contributed by atoms with Crippen LogP contribution in [0.15, 0.2) is 110 Å². The van der Waals surface area contributed by atoms with Gasteiger partial charge >= 0.3 is 5.97 Å². The quantitative estimate of drug-likeness (QED) is 0.162. The van der Waals surface area contributed by atoms with Gasteiger partial charge in [-0.2, -0.15) is 0 Å². The Balaban J connectivity index is 1.37. The summed E-state index contributed by atoms with van der Waals surface area (Å²) < 4.78 is 18.2. The van der Waals surface area contributed by atoms with Crippen LogP contribution in [-0.4, -0.2) is 78.3 Å². The second-order valence-corrected chi connectivity index (χ2v) is 13.3. The van der Waals surface area contributed by atoms with Gasteiger partial charge < -0.3 is 34.4 Å². The summed E-state index contributed by atoms with van der Waals surface area (Å²) in [5, 5.41) is 13.7. The molecule has 52 heavy (non-hydrogen) atoms. The lowest BCUT2D eigenvalue weighted by molar-refractivity contribution is -0.161. The number of nitrogens with zero attached hydrogens (tertiary/aromatic N) is 2. The van der Waals surface area contributed by atoms with Crippen molar-refractivity contribution in [3.63, 3.8) is 0 Å². The second kappa shape index (κ2) is 16.0. The van der Waals surface area contributed by atoms with E-state index >= 15 is 4.79 Å². The van der Waals surface area contributed by atoms with Crippen molar-refractivity contribution < 1.29 is 38.5 Å². The summed E-state index contributed by atoms with van der Waals surface area (Å²) in [5.74, 6) is -3.20. The summed E-state index contributed by atoms with van der Waals surface area (Å²) in [6, 6.07) is 23.0. The lowest BCUT2D eigenvalue weighted by atomic mass is 9.70. The Morgan fingerprint density at radius 3 is 2.31 bits per heavy atom. The molecule has 3 aromatic carbocycles. The van der Waals surface area contributed by atoms with E-state index in [9.17, 15) is 19.5 Å². The lowest BCUT2D eigenvalue weighted by Crippen LogP contribution is -2.57. The Kier molecular flexibility index (Phi) is 11.2. The summed E-state index contributed by atoms with van der Waals surface area (Å²) in [7, 11) is 1.56. The van der Waals surface area contributed by atoms with Crippen molar-refractivity contribution in [2.75, 3.05) is 31.7 Å². The number of amides is 3. The first kappa shape index (κ1) is 36.5. The fourth-order valence-electron chi connectivity index (χ4n) is 8.01. The van der Waals surface area contributed by atoms with Crippen LogP contribution in [0, 0.1) is 11.8 Å². The molecule has 0 aromatic heterocycles. The SMILES string of the molecule is C=CCCC(=O)NC[C@@H](OC(=O)[C@@H]1[C@@H]2CC[C@]3(O2)[C@H](C(=O)N(CC=C)c2ccc(OC)cc2)N([C@H](CO)c2ccccc2)C(=O)[C@@H]13)c1ccccc1. The molecular weight excluding hydrogens is 662 g/mol. The molecule has 11 heteroatoms. The maximum absolute atomic E-state index is 15.0. The number of nitrogens with one attached hydrogen (secondary N) is 1. The van der Waals surface area contributed by atoms with Crippen molar-refractivity contribution in [1.29, 1.82) is 0 Å². The molecule has 3 amide bonds. The van der Waals surface area contributed by atoms with Crippen molar-refractivity contribution in [1.82, 2.24) is 10.2 Å². The van der Waals surface area contributed by atoms with E-state index in [-0.39, 0.29) is 25.4 Å². The van der Waals surface area contributed by atoms with Gasteiger partial charge in [0.2, 0.25) is 11.8 Å². The number of benzene rings is 3. The van der Waals surface area contributed by atoms with Crippen molar-refractivity contribution in [2.45, 2.75) is 55.6 Å². The number of likely N-dealkylation sites (tertiary alicyclic amines) is 1. The number of allylic oxidation sites excluding steroid dienone is 1. The number of hydrogen-bond donors (Lipinski definition) is 2. The number of aliphatic hydroxyl groups is 1. The molecular formula is C41H45N3O8. The Bertz CT molecular complexity index is 1770. The Labute approximate surface area is 303 Å². The maximum atomic E-state index is 15.0. The van der Waals surface area contributed by atoms with E-state index in [1.165, 1.54) is 9.80 Å². The molecule has 6 rings (SSSR count). The van der Waals surface area contributed by atoms with E-state index in [1.807, 2.05) is 36.4 Å². The van der Waals surface area contributed by atoms with E-state index in [0.717, 1.165) is 0 Å². The van der Waals surface area contributed by atoms with E-state index < -0.39 is 66.1 Å². The molecule has 0 unspecified atom stereocenters. The van der Waals surface area contributed by atoms with Gasteiger partial charge in [-0.25, -0.2) is 0 Å². The number of ether oxygens (including phenoxy) is 3. The van der Waals surface area contributed by atoms with Crippen LogP contribution in [0.5, 0.6) is 5.75 Å². The van der Waals surface area contributed by atoms with Gasteiger partial charge in [0.1, 0.15) is 23.5 Å². The molecule has 3 fully saturated rings. The van der Waals surface area contributed by atoms with Gasteiger partial charge in [-0.05, 0) is 54.7 Å². The molecule has 3 saturated heterocycles. The number of carbonyl (C=O) groups is 4. The standard InChI is InChI=1S/C41H45N3O8/c1-4-6-17-34(46)42-25-33(28-15-11-8-12-16-28)51-40(49)35-32-22-23-41(52-32)36(35)38(47)44(31(26-45)27-13-9-7-10-14-27)37(41)39(48)43(24-5-2)29-18-20-30(50-3)21-19-29/h4-5,7-16,18-21,31-33,35-37,45H,1-2,6,17,22-26H2,3H3,(H,42,46)/t31-,32+,33-,35-,36-,37+,41-/m1/s1. The van der Waals surface area contributed by atoms with Crippen LogP contribution in [0.2, 0.25) is 0 Å². The zero-order valence-corrected chi connectivity index (χ0v) is 29.3. The first-order valence-corrected chi connectivity index (χ1v) is 17.6. The van der Waals surface area contributed by atoms with Crippen LogP contribution in [-0.2, 0) is 28.7 Å². The Hall–Kier alpha value is -5.26. The van der Waals surface area contributed by atoms with Gasteiger partial charge in [0.25, 0.3) is 5.91 Å². The van der Waals surface area contributed by atoms with Crippen LogP contribution in [0.1, 0.15) is 49.0 Å². The van der Waals surface area contributed by atoms with E-state index in [4.69, 9.17) is 14.2 Å². The van der Waals surface area contributed by atoms with Gasteiger partial charge in [0.05, 0.1) is 44.2 Å². The number of anilines is 1. The topological polar surface area (TPSA) is 135 Å². The van der Waals surface area contributed by atoms with Gasteiger partial charge in [-0.15, -0.1) is 13.2 Å². The Morgan fingerprint density at radius 1 is 1.02 bits per heavy atom. The van der Waals surface area contributed by atoms with Crippen LogP contribution < -0.4 is 15.0 Å². The fraction of sp³-hybridized carbons (Fsp3) is 0.366. The molecule has 3 aliphatic rings. The highest BCUT2D eigenvalue weighted by atomic mass is 16.6. The van der Waals surface area contributed by atoms with Crippen LogP contribution in [0.4, 0.5) is 5.69 Å². The molecule has 2 N–H and O–H groups in total. The van der Waals surface area contributed by atoms with Crippen molar-refractivity contribution in [3.8, 4) is 5.75 Å². The number of esters is 1. The predicted molar refractivity (Wildman–Crippen MR) is 194 cm³/mol. The minimum absolute atomic E-state index is 0.0277.